The van der Waals surface area contributed by atoms with Crippen LogP contribution in [-0.4, -0.2) is 59.4 Å². The minimum absolute atomic E-state index is 0.216. The number of nitrogens with one attached hydrogen (secondary N) is 2. The largest absolute Gasteiger partial charge is 0.444 e. The Morgan fingerprint density at radius 3 is 2.11 bits per heavy atom. The van der Waals surface area contributed by atoms with Crippen molar-refractivity contribution in [3.63, 3.8) is 0 Å². The maximum atomic E-state index is 12.9. The van der Waals surface area contributed by atoms with Crippen LogP contribution in [0.25, 0.3) is 17.2 Å². The highest BCUT2D eigenvalue weighted by Crippen LogP contribution is 2.24. The highest BCUT2D eigenvalue weighted by molar-refractivity contribution is 5.82. The van der Waals surface area contributed by atoms with Gasteiger partial charge in [0.1, 0.15) is 17.7 Å². The van der Waals surface area contributed by atoms with Crippen LogP contribution in [0.1, 0.15) is 53.5 Å². The number of carbonyl (C=O) groups is 3. The molecule has 38 heavy (non-hydrogen) atoms. The number of alkyl carbamates (subject to hydrolysis) is 1. The molecule has 0 bridgehead atoms. The lowest BCUT2D eigenvalue weighted by molar-refractivity contribution is -0.120. The van der Waals surface area contributed by atoms with Crippen LogP contribution < -0.4 is 10.6 Å². The average Bonchev–Trinajstić information content (AvgIpc) is 3.23. The maximum Gasteiger partial charge on any atom is 0.410 e. The first-order valence-corrected chi connectivity index (χ1v) is 12.9. The van der Waals surface area contributed by atoms with E-state index in [1.54, 1.807) is 25.7 Å². The second-order valence-electron chi connectivity index (χ2n) is 11.4. The molecule has 8 heteroatoms. The van der Waals surface area contributed by atoms with Crippen molar-refractivity contribution in [3.05, 3.63) is 66.2 Å². The molecule has 204 valence electrons. The molecule has 1 aliphatic heterocycles. The van der Waals surface area contributed by atoms with Crippen molar-refractivity contribution >= 4 is 24.2 Å². The summed E-state index contributed by atoms with van der Waals surface area (Å²) < 4.78 is 10.8. The van der Waals surface area contributed by atoms with E-state index in [9.17, 15) is 14.4 Å². The Hall–Kier alpha value is -3.81. The van der Waals surface area contributed by atoms with Gasteiger partial charge in [0.2, 0.25) is 5.91 Å². The molecule has 1 aliphatic rings. The summed E-state index contributed by atoms with van der Waals surface area (Å²) in [5, 5.41) is 5.37. The van der Waals surface area contributed by atoms with Gasteiger partial charge in [-0.25, -0.2) is 9.59 Å². The fourth-order valence-corrected chi connectivity index (χ4v) is 4.07. The SMILES string of the molecule is CC(C)(C)OC(=O)NCC(=O)N[C@@H]1C[C@@H](/C=C/c2ccc(-c3ccccc3)cc2)N(C(=O)OC(C)(C)C)C1. The number of likely N-dealkylation sites (tertiary alicyclic amines) is 1. The van der Waals surface area contributed by atoms with Crippen molar-refractivity contribution in [1.82, 2.24) is 15.5 Å². The summed E-state index contributed by atoms with van der Waals surface area (Å²) in [6.07, 6.45) is 3.37. The van der Waals surface area contributed by atoms with Gasteiger partial charge in [-0.05, 0) is 64.7 Å². The van der Waals surface area contributed by atoms with Gasteiger partial charge in [0.05, 0.1) is 6.04 Å². The van der Waals surface area contributed by atoms with Crippen LogP contribution >= 0.6 is 0 Å². The van der Waals surface area contributed by atoms with Crippen molar-refractivity contribution in [2.24, 2.45) is 0 Å². The predicted octanol–water partition coefficient (Wildman–Crippen LogP) is 5.39. The van der Waals surface area contributed by atoms with E-state index in [1.807, 2.05) is 63.3 Å². The first-order chi connectivity index (χ1) is 17.8. The van der Waals surface area contributed by atoms with E-state index in [1.165, 1.54) is 0 Å². The summed E-state index contributed by atoms with van der Waals surface area (Å²) in [7, 11) is 0. The van der Waals surface area contributed by atoms with Crippen LogP contribution in [-0.2, 0) is 14.3 Å². The van der Waals surface area contributed by atoms with Gasteiger partial charge in [0, 0.05) is 12.6 Å². The highest BCUT2D eigenvalue weighted by atomic mass is 16.6. The average molecular weight is 522 g/mol. The second kappa shape index (κ2) is 12.2. The molecule has 0 saturated carbocycles. The lowest BCUT2D eigenvalue weighted by Crippen LogP contribution is -2.45. The molecular weight excluding hydrogens is 482 g/mol. The molecular formula is C30H39N3O5. The third-order valence-electron chi connectivity index (χ3n) is 5.66. The van der Waals surface area contributed by atoms with E-state index in [0.29, 0.717) is 13.0 Å². The summed E-state index contributed by atoms with van der Waals surface area (Å²) in [5.41, 5.74) is 1.98. The molecule has 0 unspecified atom stereocenters. The third kappa shape index (κ3) is 9.25. The fourth-order valence-electron chi connectivity index (χ4n) is 4.07. The highest BCUT2D eigenvalue weighted by Gasteiger charge is 2.37. The van der Waals surface area contributed by atoms with Crippen LogP contribution in [0.4, 0.5) is 9.59 Å². The molecule has 1 heterocycles. The van der Waals surface area contributed by atoms with Gasteiger partial charge in [-0.15, -0.1) is 0 Å². The summed E-state index contributed by atoms with van der Waals surface area (Å²) in [4.78, 5) is 38.9. The number of benzene rings is 2. The molecule has 0 spiro atoms. The number of amides is 3. The van der Waals surface area contributed by atoms with Crippen LogP contribution in [0, 0.1) is 0 Å². The van der Waals surface area contributed by atoms with Gasteiger partial charge >= 0.3 is 12.2 Å². The standard InChI is InChI=1S/C30H39N3O5/c1-29(2,3)37-27(35)31-19-26(34)32-24-18-25(33(20-24)28(36)38-30(4,5)6)17-14-21-12-15-23(16-13-21)22-10-8-7-9-11-22/h7-17,24-25H,18-20H2,1-6H3,(H,31,35)(H,32,34)/b17-14+/t24-,25-/m1/s1. The maximum absolute atomic E-state index is 12.9. The Morgan fingerprint density at radius 1 is 0.895 bits per heavy atom. The van der Waals surface area contributed by atoms with Gasteiger partial charge in [-0.1, -0.05) is 66.7 Å². The van der Waals surface area contributed by atoms with Crippen molar-refractivity contribution in [2.45, 2.75) is 71.2 Å². The Morgan fingerprint density at radius 2 is 1.50 bits per heavy atom. The Bertz CT molecular complexity index is 1130. The smallest absolute Gasteiger partial charge is 0.410 e. The van der Waals surface area contributed by atoms with Crippen molar-refractivity contribution in [3.8, 4) is 11.1 Å². The molecule has 2 aromatic rings. The number of hydrogen-bond donors (Lipinski definition) is 2. The van der Waals surface area contributed by atoms with Gasteiger partial charge in [-0.3, -0.25) is 9.69 Å². The van der Waals surface area contributed by atoms with E-state index >= 15 is 0 Å². The van der Waals surface area contributed by atoms with Crippen LogP contribution in [0.3, 0.4) is 0 Å². The number of carbonyl (C=O) groups excluding carboxylic acids is 3. The predicted molar refractivity (Wildman–Crippen MR) is 148 cm³/mol. The summed E-state index contributed by atoms with van der Waals surface area (Å²) >= 11 is 0. The second-order valence-corrected chi connectivity index (χ2v) is 11.4. The topological polar surface area (TPSA) is 97.0 Å². The minimum Gasteiger partial charge on any atom is -0.444 e. The molecule has 2 N–H and O–H groups in total. The zero-order chi connectivity index (χ0) is 27.9. The minimum atomic E-state index is -0.659. The Labute approximate surface area is 225 Å². The lowest BCUT2D eigenvalue weighted by Gasteiger charge is -2.27. The van der Waals surface area contributed by atoms with Crippen LogP contribution in [0.2, 0.25) is 0 Å². The molecule has 3 amide bonds. The number of ether oxygens (including phenoxy) is 2. The lowest BCUT2D eigenvalue weighted by atomic mass is 10.0. The number of rotatable bonds is 6. The quantitative estimate of drug-likeness (QED) is 0.532. The Kier molecular flexibility index (Phi) is 9.20. The van der Waals surface area contributed by atoms with E-state index in [-0.39, 0.29) is 24.5 Å². The molecule has 3 rings (SSSR count). The van der Waals surface area contributed by atoms with Gasteiger partial charge < -0.3 is 20.1 Å². The Balaban J connectivity index is 1.65. The van der Waals surface area contributed by atoms with Gasteiger partial charge in [0.25, 0.3) is 0 Å². The van der Waals surface area contributed by atoms with Crippen LogP contribution in [0.15, 0.2) is 60.7 Å². The molecule has 1 saturated heterocycles. The molecule has 0 aliphatic carbocycles. The molecule has 0 aromatic heterocycles. The summed E-state index contributed by atoms with van der Waals surface area (Å²) in [6, 6.07) is 17.8. The van der Waals surface area contributed by atoms with Gasteiger partial charge in [-0.2, -0.15) is 0 Å². The molecule has 2 aromatic carbocycles. The first-order valence-electron chi connectivity index (χ1n) is 12.9. The molecule has 1 fully saturated rings. The normalized spacial score (nSPS) is 17.8. The zero-order valence-electron chi connectivity index (χ0n) is 23.1. The van der Waals surface area contributed by atoms with Crippen molar-refractivity contribution in [1.29, 1.82) is 0 Å². The molecule has 0 radical (unpaired) electrons. The number of hydrogen-bond acceptors (Lipinski definition) is 5. The summed E-state index contributed by atoms with van der Waals surface area (Å²) in [5.74, 6) is -0.355. The van der Waals surface area contributed by atoms with Gasteiger partial charge in [0.15, 0.2) is 0 Å². The summed E-state index contributed by atoms with van der Waals surface area (Å²) in [6.45, 7) is 10.8. The van der Waals surface area contributed by atoms with E-state index in [2.05, 4.69) is 34.9 Å². The molecule has 2 atom stereocenters. The number of nitrogens with zero attached hydrogens (tertiary/aromatic N) is 1. The zero-order valence-corrected chi connectivity index (χ0v) is 23.1. The monoisotopic (exact) mass is 521 g/mol. The third-order valence-corrected chi connectivity index (χ3v) is 5.66. The fraction of sp³-hybridized carbons (Fsp3) is 0.433. The van der Waals surface area contributed by atoms with E-state index < -0.39 is 23.4 Å². The van der Waals surface area contributed by atoms with Crippen molar-refractivity contribution < 1.29 is 23.9 Å². The van der Waals surface area contributed by atoms with E-state index in [0.717, 1.165) is 16.7 Å². The van der Waals surface area contributed by atoms with Crippen LogP contribution in [0.5, 0.6) is 0 Å². The first kappa shape index (κ1) is 28.8. The molecule has 8 nitrogen and oxygen atoms in total. The van der Waals surface area contributed by atoms with E-state index in [4.69, 9.17) is 9.47 Å². The van der Waals surface area contributed by atoms with Crippen molar-refractivity contribution in [2.75, 3.05) is 13.1 Å².